The van der Waals surface area contributed by atoms with Gasteiger partial charge in [-0.3, -0.25) is 9.69 Å². The number of nitrogens with zero attached hydrogens (tertiary/aromatic N) is 2. The van der Waals surface area contributed by atoms with Crippen LogP contribution in [0.3, 0.4) is 0 Å². The number of nitrogens with one attached hydrogen (secondary N) is 1. The number of amides is 2. The predicted octanol–water partition coefficient (Wildman–Crippen LogP) is 3.99. The molecule has 4 atom stereocenters. The van der Waals surface area contributed by atoms with Gasteiger partial charge in [0.2, 0.25) is 5.91 Å². The first-order chi connectivity index (χ1) is 13.1. The van der Waals surface area contributed by atoms with E-state index < -0.39 is 29.6 Å². The average Bonchev–Trinajstić information content (AvgIpc) is 3.30. The first kappa shape index (κ1) is 21.1. The van der Waals surface area contributed by atoms with Gasteiger partial charge in [0.05, 0.1) is 10.5 Å². The minimum absolute atomic E-state index is 0.0122. The number of piperidine rings is 1. The first-order valence-corrected chi connectivity index (χ1v) is 10.9. The second kappa shape index (κ2) is 7.99. The van der Waals surface area contributed by atoms with Crippen molar-refractivity contribution in [3.63, 3.8) is 0 Å². The summed E-state index contributed by atoms with van der Waals surface area (Å²) in [7, 11) is 0. The Morgan fingerprint density at radius 1 is 1.50 bits per heavy atom. The molecule has 1 saturated carbocycles. The molecule has 0 spiro atoms. The average molecular weight is 472 g/mol. The molecular formula is C19H23BrFN3O3S. The second-order valence-electron chi connectivity index (χ2n) is 8.27. The summed E-state index contributed by atoms with van der Waals surface area (Å²) in [6.07, 6.45) is 2.07. The third kappa shape index (κ3) is 4.33. The van der Waals surface area contributed by atoms with E-state index in [0.717, 1.165) is 19.3 Å². The summed E-state index contributed by atoms with van der Waals surface area (Å²) in [4.78, 5) is 27.6. The molecule has 2 aliphatic rings. The number of fused-ring (bicyclic) bond motifs is 2. The van der Waals surface area contributed by atoms with Crippen LogP contribution in [-0.4, -0.2) is 40.6 Å². The van der Waals surface area contributed by atoms with Crippen LogP contribution in [0.4, 0.5) is 9.18 Å². The van der Waals surface area contributed by atoms with Gasteiger partial charge in [0.25, 0.3) is 0 Å². The van der Waals surface area contributed by atoms with Crippen molar-refractivity contribution in [3.8, 4) is 6.07 Å². The lowest BCUT2D eigenvalue weighted by Gasteiger charge is -2.35. The van der Waals surface area contributed by atoms with Crippen molar-refractivity contribution in [2.75, 3.05) is 0 Å². The van der Waals surface area contributed by atoms with Crippen molar-refractivity contribution < 1.29 is 18.7 Å². The largest absolute Gasteiger partial charge is 0.444 e. The molecule has 0 radical (unpaired) electrons. The van der Waals surface area contributed by atoms with Crippen molar-refractivity contribution >= 4 is 39.3 Å². The topological polar surface area (TPSA) is 82.4 Å². The number of halogens is 2. The molecule has 28 heavy (non-hydrogen) atoms. The third-order valence-corrected chi connectivity index (χ3v) is 6.94. The van der Waals surface area contributed by atoms with Crippen LogP contribution in [0.25, 0.3) is 0 Å². The molecule has 9 heteroatoms. The Hall–Kier alpha value is -1.66. The van der Waals surface area contributed by atoms with Crippen molar-refractivity contribution in [2.45, 2.75) is 70.2 Å². The molecule has 2 heterocycles. The van der Waals surface area contributed by atoms with Gasteiger partial charge in [-0.1, -0.05) is 0 Å². The van der Waals surface area contributed by atoms with Crippen LogP contribution in [0, 0.1) is 23.1 Å². The first-order valence-electron chi connectivity index (χ1n) is 9.23. The van der Waals surface area contributed by atoms with Gasteiger partial charge < -0.3 is 10.1 Å². The SMILES string of the molecule is CC(C)(C)OC(=O)N1C2CCC(C2)C1C(=O)NC(C#N)Cc1scc(Br)c1F. The van der Waals surface area contributed by atoms with E-state index in [0.29, 0.717) is 9.35 Å². The normalized spacial score (nSPS) is 24.7. The van der Waals surface area contributed by atoms with E-state index in [1.54, 1.807) is 26.2 Å². The van der Waals surface area contributed by atoms with Crippen molar-refractivity contribution in [2.24, 2.45) is 5.92 Å². The molecule has 152 valence electrons. The monoisotopic (exact) mass is 471 g/mol. The number of nitriles is 1. The number of carbonyl (C=O) groups excluding carboxylic acids is 2. The quantitative estimate of drug-likeness (QED) is 0.719. The van der Waals surface area contributed by atoms with Gasteiger partial charge in [0, 0.05) is 22.7 Å². The zero-order valence-electron chi connectivity index (χ0n) is 16.0. The highest BCUT2D eigenvalue weighted by molar-refractivity contribution is 9.10. The number of hydrogen-bond donors (Lipinski definition) is 1. The van der Waals surface area contributed by atoms with Crippen LogP contribution in [0.1, 0.15) is 44.9 Å². The van der Waals surface area contributed by atoms with E-state index in [1.807, 2.05) is 6.07 Å². The maximum atomic E-state index is 14.0. The maximum Gasteiger partial charge on any atom is 0.411 e. The number of rotatable bonds is 4. The summed E-state index contributed by atoms with van der Waals surface area (Å²) in [5, 5.41) is 13.8. The highest BCUT2D eigenvalue weighted by Gasteiger charge is 2.52. The van der Waals surface area contributed by atoms with Gasteiger partial charge in [-0.15, -0.1) is 11.3 Å². The molecule has 0 aromatic carbocycles. The Morgan fingerprint density at radius 2 is 2.21 bits per heavy atom. The Morgan fingerprint density at radius 3 is 2.79 bits per heavy atom. The van der Waals surface area contributed by atoms with Gasteiger partial charge in [0.1, 0.15) is 17.7 Å². The highest BCUT2D eigenvalue weighted by Crippen LogP contribution is 2.43. The Bertz CT molecular complexity index is 816. The van der Waals surface area contributed by atoms with E-state index in [4.69, 9.17) is 4.74 Å². The fourth-order valence-corrected chi connectivity index (χ4v) is 5.45. The standard InChI is InChI=1S/C19H23BrFN3O3S/c1-19(2,3)27-18(26)24-12-5-4-10(6-12)16(24)17(25)23-11(8-22)7-14-15(21)13(20)9-28-14/h9-12,16H,4-7H2,1-3H3,(H,23,25). The molecule has 1 aromatic rings. The van der Waals surface area contributed by atoms with Crippen molar-refractivity contribution in [1.82, 2.24) is 10.2 Å². The number of ether oxygens (including phenoxy) is 1. The van der Waals surface area contributed by atoms with Crippen LogP contribution < -0.4 is 5.32 Å². The summed E-state index contributed by atoms with van der Waals surface area (Å²) >= 11 is 4.30. The molecule has 2 fully saturated rings. The number of carbonyl (C=O) groups is 2. The molecule has 2 bridgehead atoms. The lowest BCUT2D eigenvalue weighted by molar-refractivity contribution is -0.128. The van der Waals surface area contributed by atoms with Crippen LogP contribution in [-0.2, 0) is 16.0 Å². The third-order valence-electron chi connectivity index (χ3n) is 5.08. The van der Waals surface area contributed by atoms with E-state index in [-0.39, 0.29) is 24.3 Å². The van der Waals surface area contributed by atoms with Crippen LogP contribution in [0.5, 0.6) is 0 Å². The summed E-state index contributed by atoms with van der Waals surface area (Å²) in [6, 6.07) is 0.497. The molecule has 1 aliphatic carbocycles. The fraction of sp³-hybridized carbons (Fsp3) is 0.632. The van der Waals surface area contributed by atoms with Crippen molar-refractivity contribution in [3.05, 3.63) is 20.5 Å². The van der Waals surface area contributed by atoms with Gasteiger partial charge >= 0.3 is 6.09 Å². The molecule has 1 saturated heterocycles. The Labute approximate surface area is 176 Å². The summed E-state index contributed by atoms with van der Waals surface area (Å²) in [6.45, 7) is 5.36. The number of likely N-dealkylation sites (tertiary alicyclic amines) is 1. The lowest BCUT2D eigenvalue weighted by atomic mass is 9.97. The lowest BCUT2D eigenvalue weighted by Crippen LogP contribution is -2.55. The fourth-order valence-electron chi connectivity index (χ4n) is 3.97. The number of hydrogen-bond acceptors (Lipinski definition) is 5. The zero-order chi connectivity index (χ0) is 20.6. The molecule has 1 aromatic heterocycles. The predicted molar refractivity (Wildman–Crippen MR) is 106 cm³/mol. The molecular weight excluding hydrogens is 449 g/mol. The Balaban J connectivity index is 1.71. The van der Waals surface area contributed by atoms with Gasteiger partial charge in [-0.05, 0) is 61.9 Å². The van der Waals surface area contributed by atoms with Gasteiger partial charge in [0.15, 0.2) is 5.82 Å². The zero-order valence-corrected chi connectivity index (χ0v) is 18.4. The Kier molecular flexibility index (Phi) is 6.01. The minimum Gasteiger partial charge on any atom is -0.444 e. The van der Waals surface area contributed by atoms with Gasteiger partial charge in [-0.25, -0.2) is 9.18 Å². The second-order valence-corrected chi connectivity index (χ2v) is 10.1. The molecule has 4 unspecified atom stereocenters. The maximum absolute atomic E-state index is 14.0. The van der Waals surface area contributed by atoms with E-state index in [9.17, 15) is 19.2 Å². The van der Waals surface area contributed by atoms with Gasteiger partial charge in [-0.2, -0.15) is 5.26 Å². The molecule has 2 amide bonds. The van der Waals surface area contributed by atoms with E-state index >= 15 is 0 Å². The molecule has 1 N–H and O–H groups in total. The summed E-state index contributed by atoms with van der Waals surface area (Å²) in [5.41, 5.74) is -0.654. The van der Waals surface area contributed by atoms with Crippen LogP contribution >= 0.6 is 27.3 Å². The summed E-state index contributed by atoms with van der Waals surface area (Å²) in [5.74, 6) is -0.722. The van der Waals surface area contributed by atoms with Crippen LogP contribution in [0.2, 0.25) is 0 Å². The number of thiophene rings is 1. The van der Waals surface area contributed by atoms with Crippen LogP contribution in [0.15, 0.2) is 9.85 Å². The van der Waals surface area contributed by atoms with Crippen molar-refractivity contribution in [1.29, 1.82) is 5.26 Å². The van der Waals surface area contributed by atoms with E-state index in [2.05, 4.69) is 21.2 Å². The summed E-state index contributed by atoms with van der Waals surface area (Å²) < 4.78 is 19.9. The molecule has 1 aliphatic heterocycles. The smallest absolute Gasteiger partial charge is 0.411 e. The minimum atomic E-state index is -0.868. The van der Waals surface area contributed by atoms with E-state index in [1.165, 1.54) is 16.2 Å². The highest BCUT2D eigenvalue weighted by atomic mass is 79.9. The molecule has 3 rings (SSSR count). The molecule has 6 nitrogen and oxygen atoms in total.